The van der Waals surface area contributed by atoms with Crippen LogP contribution >= 0.6 is 23.2 Å². The number of amides is 2. The number of nitrogens with zero attached hydrogens (tertiary/aromatic N) is 2. The highest BCUT2D eigenvalue weighted by molar-refractivity contribution is 6.33. The van der Waals surface area contributed by atoms with Crippen LogP contribution in [-0.4, -0.2) is 47.8 Å². The second-order valence-electron chi connectivity index (χ2n) is 6.07. The molecule has 1 heterocycles. The summed E-state index contributed by atoms with van der Waals surface area (Å²) in [7, 11) is 0. The summed E-state index contributed by atoms with van der Waals surface area (Å²) in [6.45, 7) is 1.50. The Morgan fingerprint density at radius 1 is 0.923 bits per heavy atom. The van der Waals surface area contributed by atoms with E-state index in [9.17, 15) is 14.0 Å². The van der Waals surface area contributed by atoms with Crippen molar-refractivity contribution in [1.29, 1.82) is 0 Å². The highest BCUT2D eigenvalue weighted by Crippen LogP contribution is 2.21. The molecule has 1 aliphatic rings. The molecule has 0 aromatic heterocycles. The first-order valence-corrected chi connectivity index (χ1v) is 8.97. The number of piperazine rings is 1. The van der Waals surface area contributed by atoms with Gasteiger partial charge in [-0.3, -0.25) is 9.59 Å². The quantitative estimate of drug-likeness (QED) is 0.796. The van der Waals surface area contributed by atoms with E-state index < -0.39 is 11.7 Å². The number of halogens is 3. The molecule has 3 rings (SSSR count). The molecule has 1 fully saturated rings. The number of carbonyl (C=O) groups is 2. The molecule has 2 aromatic carbocycles. The van der Waals surface area contributed by atoms with E-state index in [2.05, 4.69) is 0 Å². The molecule has 0 atom stereocenters. The fraction of sp³-hybridized carbons (Fsp3) is 0.263. The maximum Gasteiger partial charge on any atom is 0.258 e. The highest BCUT2D eigenvalue weighted by Gasteiger charge is 2.27. The van der Waals surface area contributed by atoms with Gasteiger partial charge in [0.15, 0.2) is 0 Å². The zero-order valence-corrected chi connectivity index (χ0v) is 15.4. The first-order valence-electron chi connectivity index (χ1n) is 8.21. The SMILES string of the molecule is O=C(Cc1ccc(Cl)cc1)N1CCN(C(=O)c2c(F)cccc2Cl)CC1. The Balaban J connectivity index is 1.59. The van der Waals surface area contributed by atoms with Gasteiger partial charge in [-0.05, 0) is 29.8 Å². The van der Waals surface area contributed by atoms with Crippen LogP contribution in [0.5, 0.6) is 0 Å². The average molecular weight is 395 g/mol. The number of hydrogen-bond acceptors (Lipinski definition) is 2. The first-order chi connectivity index (χ1) is 12.5. The van der Waals surface area contributed by atoms with Crippen LogP contribution < -0.4 is 0 Å². The summed E-state index contributed by atoms with van der Waals surface area (Å²) in [5, 5.41) is 0.719. The second kappa shape index (κ2) is 8.06. The molecule has 136 valence electrons. The summed E-state index contributed by atoms with van der Waals surface area (Å²) in [4.78, 5) is 28.2. The van der Waals surface area contributed by atoms with Gasteiger partial charge in [0.05, 0.1) is 17.0 Å². The number of carbonyl (C=O) groups excluding carboxylic acids is 2. The molecule has 1 aliphatic heterocycles. The lowest BCUT2D eigenvalue weighted by atomic mass is 10.1. The number of hydrogen-bond donors (Lipinski definition) is 0. The summed E-state index contributed by atoms with van der Waals surface area (Å²) >= 11 is 11.8. The van der Waals surface area contributed by atoms with E-state index in [1.54, 1.807) is 17.0 Å². The summed E-state index contributed by atoms with van der Waals surface area (Å²) < 4.78 is 13.9. The molecular formula is C19H17Cl2FN2O2. The largest absolute Gasteiger partial charge is 0.339 e. The predicted molar refractivity (Wildman–Crippen MR) is 99.0 cm³/mol. The molecule has 2 amide bonds. The third-order valence-electron chi connectivity index (χ3n) is 4.36. The van der Waals surface area contributed by atoms with Crippen molar-refractivity contribution in [1.82, 2.24) is 9.80 Å². The maximum atomic E-state index is 13.9. The summed E-state index contributed by atoms with van der Waals surface area (Å²) in [6.07, 6.45) is 0.282. The van der Waals surface area contributed by atoms with E-state index in [1.807, 2.05) is 12.1 Å². The minimum atomic E-state index is -0.635. The Hall–Kier alpha value is -2.11. The second-order valence-corrected chi connectivity index (χ2v) is 6.92. The minimum Gasteiger partial charge on any atom is -0.339 e. The van der Waals surface area contributed by atoms with Crippen molar-refractivity contribution in [3.8, 4) is 0 Å². The fourth-order valence-corrected chi connectivity index (χ4v) is 3.28. The molecule has 4 nitrogen and oxygen atoms in total. The van der Waals surface area contributed by atoms with E-state index in [-0.39, 0.29) is 22.9 Å². The van der Waals surface area contributed by atoms with Crippen LogP contribution in [0.15, 0.2) is 42.5 Å². The minimum absolute atomic E-state index is 0.0108. The van der Waals surface area contributed by atoms with E-state index in [4.69, 9.17) is 23.2 Å². The van der Waals surface area contributed by atoms with Crippen LogP contribution in [0.3, 0.4) is 0 Å². The zero-order chi connectivity index (χ0) is 18.7. The smallest absolute Gasteiger partial charge is 0.258 e. The molecule has 0 N–H and O–H groups in total. The maximum absolute atomic E-state index is 13.9. The normalized spacial score (nSPS) is 14.4. The van der Waals surface area contributed by atoms with Crippen LogP contribution in [0.25, 0.3) is 0 Å². The molecule has 1 saturated heterocycles. The lowest BCUT2D eigenvalue weighted by Crippen LogP contribution is -2.51. The van der Waals surface area contributed by atoms with Gasteiger partial charge in [0.25, 0.3) is 5.91 Å². The Labute approximate surface area is 161 Å². The third-order valence-corrected chi connectivity index (χ3v) is 4.93. The molecule has 26 heavy (non-hydrogen) atoms. The van der Waals surface area contributed by atoms with Gasteiger partial charge >= 0.3 is 0 Å². The van der Waals surface area contributed by atoms with E-state index in [0.717, 1.165) is 5.56 Å². The third kappa shape index (κ3) is 4.17. The molecule has 2 aromatic rings. The van der Waals surface area contributed by atoms with Crippen LogP contribution in [0.4, 0.5) is 4.39 Å². The van der Waals surface area contributed by atoms with Gasteiger partial charge in [0, 0.05) is 31.2 Å². The van der Waals surface area contributed by atoms with Crippen LogP contribution in [0.1, 0.15) is 15.9 Å². The van der Waals surface area contributed by atoms with Crippen LogP contribution in [0.2, 0.25) is 10.0 Å². The van der Waals surface area contributed by atoms with Crippen molar-refractivity contribution >= 4 is 35.0 Å². The molecule has 0 bridgehead atoms. The van der Waals surface area contributed by atoms with E-state index in [1.165, 1.54) is 23.1 Å². The molecular weight excluding hydrogens is 378 g/mol. The lowest BCUT2D eigenvalue weighted by Gasteiger charge is -2.35. The summed E-state index contributed by atoms with van der Waals surface area (Å²) in [5.74, 6) is -1.09. The molecule has 0 spiro atoms. The van der Waals surface area contributed by atoms with Crippen molar-refractivity contribution in [2.75, 3.05) is 26.2 Å². The molecule has 0 radical (unpaired) electrons. The summed E-state index contributed by atoms with van der Waals surface area (Å²) in [5.41, 5.74) is 0.770. The Morgan fingerprint density at radius 3 is 2.15 bits per heavy atom. The molecule has 0 unspecified atom stereocenters. The van der Waals surface area contributed by atoms with Gasteiger partial charge in [-0.25, -0.2) is 4.39 Å². The molecule has 0 aliphatic carbocycles. The monoisotopic (exact) mass is 394 g/mol. The fourth-order valence-electron chi connectivity index (χ4n) is 2.91. The van der Waals surface area contributed by atoms with Crippen molar-refractivity contribution < 1.29 is 14.0 Å². The Bertz CT molecular complexity index is 799. The lowest BCUT2D eigenvalue weighted by molar-refractivity contribution is -0.131. The van der Waals surface area contributed by atoms with Crippen molar-refractivity contribution in [2.45, 2.75) is 6.42 Å². The van der Waals surface area contributed by atoms with Gasteiger partial charge in [-0.1, -0.05) is 41.4 Å². The van der Waals surface area contributed by atoms with Crippen molar-refractivity contribution in [3.63, 3.8) is 0 Å². The van der Waals surface area contributed by atoms with E-state index in [0.29, 0.717) is 31.2 Å². The number of benzene rings is 2. The van der Waals surface area contributed by atoms with Gasteiger partial charge < -0.3 is 9.80 Å². The molecule has 0 saturated carbocycles. The standard InChI is InChI=1S/C19H17Cl2FN2O2/c20-14-6-4-13(5-7-14)12-17(25)23-8-10-24(11-9-23)19(26)18-15(21)2-1-3-16(18)22/h1-7H,8-12H2. The van der Waals surface area contributed by atoms with E-state index >= 15 is 0 Å². The van der Waals surface area contributed by atoms with Crippen molar-refractivity contribution in [3.05, 3.63) is 69.5 Å². The van der Waals surface area contributed by atoms with Gasteiger partial charge in [-0.2, -0.15) is 0 Å². The van der Waals surface area contributed by atoms with Gasteiger partial charge in [0.2, 0.25) is 5.91 Å². The number of rotatable bonds is 3. The van der Waals surface area contributed by atoms with Crippen LogP contribution in [0, 0.1) is 5.82 Å². The van der Waals surface area contributed by atoms with Gasteiger partial charge in [-0.15, -0.1) is 0 Å². The topological polar surface area (TPSA) is 40.6 Å². The zero-order valence-electron chi connectivity index (χ0n) is 13.9. The molecule has 7 heteroatoms. The first kappa shape index (κ1) is 18.7. The van der Waals surface area contributed by atoms with Gasteiger partial charge in [0.1, 0.15) is 5.82 Å². The Morgan fingerprint density at radius 2 is 1.54 bits per heavy atom. The average Bonchev–Trinajstić information content (AvgIpc) is 2.63. The van der Waals surface area contributed by atoms with Crippen molar-refractivity contribution in [2.24, 2.45) is 0 Å². The predicted octanol–water partition coefficient (Wildman–Crippen LogP) is 3.66. The highest BCUT2D eigenvalue weighted by atomic mass is 35.5. The summed E-state index contributed by atoms with van der Waals surface area (Å²) in [6, 6.07) is 11.3. The Kier molecular flexibility index (Phi) is 5.79. The van der Waals surface area contributed by atoms with Crippen LogP contribution in [-0.2, 0) is 11.2 Å².